The minimum Gasteiger partial charge on any atom is -0.390 e. The number of aliphatic hydroxyl groups is 1. The highest BCUT2D eigenvalue weighted by Crippen LogP contribution is 2.19. The molecule has 0 fully saturated rings. The highest BCUT2D eigenvalue weighted by Gasteiger charge is 2.35. The van der Waals surface area contributed by atoms with Crippen LogP contribution in [0, 0.1) is 11.6 Å². The summed E-state index contributed by atoms with van der Waals surface area (Å²) >= 11 is 0. The van der Waals surface area contributed by atoms with Gasteiger partial charge in [-0.3, -0.25) is 9.59 Å². The molecule has 2 amide bonds. The average Bonchev–Trinajstić information content (AvgIpc) is 2.90. The van der Waals surface area contributed by atoms with Crippen LogP contribution in [0.25, 0.3) is 0 Å². The quantitative estimate of drug-likeness (QED) is 0.251. The standard InChI is InChI=1S/C31H45F2N3O5S/c1-5-9-27(10-6-2)42(40,41)20-29(35-21(4)37)31(39)36(18-23-12-8-11-22(7-3)13-23)19-30(38)28(34)16-24-14-25(32)17-26(33)15-24/h8,11-15,17,27-30,38H,5-7,9-10,16,18-20,34H2,1-4H3,(H,35,37)/t28-,29+,30+/m0/s1. The third kappa shape index (κ3) is 11.1. The Morgan fingerprint density at radius 3 is 2.12 bits per heavy atom. The van der Waals surface area contributed by atoms with Crippen molar-refractivity contribution in [3.05, 3.63) is 70.8 Å². The van der Waals surface area contributed by atoms with Crippen LogP contribution in [-0.4, -0.2) is 66.0 Å². The van der Waals surface area contributed by atoms with Crippen molar-refractivity contribution in [1.82, 2.24) is 10.2 Å². The van der Waals surface area contributed by atoms with Gasteiger partial charge < -0.3 is 21.1 Å². The number of carbonyl (C=O) groups is 2. The lowest BCUT2D eigenvalue weighted by Crippen LogP contribution is -2.55. The van der Waals surface area contributed by atoms with Crippen molar-refractivity contribution in [3.63, 3.8) is 0 Å². The van der Waals surface area contributed by atoms with Gasteiger partial charge in [-0.25, -0.2) is 17.2 Å². The Bertz CT molecular complexity index is 1260. The van der Waals surface area contributed by atoms with E-state index in [9.17, 15) is 31.9 Å². The predicted octanol–water partition coefficient (Wildman–Crippen LogP) is 3.68. The van der Waals surface area contributed by atoms with Gasteiger partial charge in [0, 0.05) is 32.1 Å². The summed E-state index contributed by atoms with van der Waals surface area (Å²) in [5.41, 5.74) is 8.21. The minimum absolute atomic E-state index is 0.0223. The molecule has 2 aromatic rings. The molecule has 0 spiro atoms. The molecule has 0 unspecified atom stereocenters. The second kappa shape index (κ2) is 16.7. The van der Waals surface area contributed by atoms with Gasteiger partial charge in [0.2, 0.25) is 11.8 Å². The maximum Gasteiger partial charge on any atom is 0.246 e. The van der Waals surface area contributed by atoms with Gasteiger partial charge in [-0.15, -0.1) is 0 Å². The van der Waals surface area contributed by atoms with Crippen molar-refractivity contribution in [2.45, 2.75) is 96.2 Å². The number of rotatable bonds is 17. The van der Waals surface area contributed by atoms with Crippen LogP contribution in [-0.2, 0) is 38.8 Å². The van der Waals surface area contributed by atoms with E-state index in [2.05, 4.69) is 5.32 Å². The number of hydrogen-bond acceptors (Lipinski definition) is 6. The van der Waals surface area contributed by atoms with Crippen LogP contribution in [0.3, 0.4) is 0 Å². The van der Waals surface area contributed by atoms with E-state index >= 15 is 0 Å². The predicted molar refractivity (Wildman–Crippen MR) is 160 cm³/mol. The van der Waals surface area contributed by atoms with Crippen molar-refractivity contribution >= 4 is 21.7 Å². The summed E-state index contributed by atoms with van der Waals surface area (Å²) in [5, 5.41) is 12.9. The fraction of sp³-hybridized carbons (Fsp3) is 0.548. The summed E-state index contributed by atoms with van der Waals surface area (Å²) in [5.74, 6) is -3.37. The largest absolute Gasteiger partial charge is 0.390 e. The highest BCUT2D eigenvalue weighted by molar-refractivity contribution is 7.92. The van der Waals surface area contributed by atoms with Gasteiger partial charge in [0.15, 0.2) is 9.84 Å². The first-order chi connectivity index (χ1) is 19.8. The van der Waals surface area contributed by atoms with E-state index in [0.29, 0.717) is 25.7 Å². The number of nitrogens with zero attached hydrogens (tertiary/aromatic N) is 1. The Morgan fingerprint density at radius 1 is 0.976 bits per heavy atom. The summed E-state index contributed by atoms with van der Waals surface area (Å²) in [6.45, 7) is 6.71. The van der Waals surface area contributed by atoms with Crippen LogP contribution in [0.1, 0.15) is 70.1 Å². The van der Waals surface area contributed by atoms with Gasteiger partial charge in [0.05, 0.1) is 17.1 Å². The lowest BCUT2D eigenvalue weighted by Gasteiger charge is -2.32. The number of nitrogens with one attached hydrogen (secondary N) is 1. The first-order valence-corrected chi connectivity index (χ1v) is 16.2. The number of nitrogens with two attached hydrogens (primary N) is 1. The maximum absolute atomic E-state index is 14.0. The van der Waals surface area contributed by atoms with Gasteiger partial charge in [0.1, 0.15) is 17.7 Å². The molecular formula is C31H45F2N3O5S. The van der Waals surface area contributed by atoms with Crippen LogP contribution in [0.2, 0.25) is 0 Å². The molecule has 0 radical (unpaired) electrons. The normalized spacial score (nSPS) is 13.9. The van der Waals surface area contributed by atoms with Crippen LogP contribution < -0.4 is 11.1 Å². The molecule has 11 heteroatoms. The zero-order valence-electron chi connectivity index (χ0n) is 25.0. The molecule has 2 aromatic carbocycles. The van der Waals surface area contributed by atoms with E-state index in [-0.39, 0.29) is 25.1 Å². The number of sulfone groups is 1. The van der Waals surface area contributed by atoms with Crippen molar-refractivity contribution in [2.75, 3.05) is 12.3 Å². The van der Waals surface area contributed by atoms with E-state index in [1.165, 1.54) is 11.8 Å². The molecule has 3 atom stereocenters. The van der Waals surface area contributed by atoms with Gasteiger partial charge in [-0.05, 0) is 54.5 Å². The number of aliphatic hydroxyl groups excluding tert-OH is 1. The van der Waals surface area contributed by atoms with Gasteiger partial charge >= 0.3 is 0 Å². The molecule has 0 aromatic heterocycles. The van der Waals surface area contributed by atoms with Crippen LogP contribution >= 0.6 is 0 Å². The van der Waals surface area contributed by atoms with Gasteiger partial charge in [-0.1, -0.05) is 57.9 Å². The average molecular weight is 610 g/mol. The van der Waals surface area contributed by atoms with Crippen molar-refractivity contribution in [2.24, 2.45) is 5.73 Å². The molecule has 0 saturated carbocycles. The molecule has 0 aliphatic carbocycles. The molecular weight excluding hydrogens is 564 g/mol. The summed E-state index contributed by atoms with van der Waals surface area (Å²) in [6, 6.07) is 8.10. The van der Waals surface area contributed by atoms with Gasteiger partial charge in [0.25, 0.3) is 0 Å². The Balaban J connectivity index is 2.39. The zero-order valence-corrected chi connectivity index (χ0v) is 25.8. The third-order valence-corrected chi connectivity index (χ3v) is 9.47. The van der Waals surface area contributed by atoms with Crippen molar-refractivity contribution in [3.8, 4) is 0 Å². The number of hydrogen-bond donors (Lipinski definition) is 3. The molecule has 0 aliphatic heterocycles. The molecule has 8 nitrogen and oxygen atoms in total. The Labute approximate surface area is 248 Å². The van der Waals surface area contributed by atoms with E-state index in [4.69, 9.17) is 5.73 Å². The number of carbonyl (C=O) groups excluding carboxylic acids is 2. The molecule has 234 valence electrons. The monoisotopic (exact) mass is 609 g/mol. The lowest BCUT2D eigenvalue weighted by atomic mass is 10.0. The summed E-state index contributed by atoms with van der Waals surface area (Å²) in [7, 11) is -3.77. The molecule has 0 saturated heterocycles. The van der Waals surface area contributed by atoms with E-state index < -0.39 is 62.5 Å². The topological polar surface area (TPSA) is 130 Å². The second-order valence-corrected chi connectivity index (χ2v) is 13.2. The first-order valence-electron chi connectivity index (χ1n) is 14.5. The summed E-state index contributed by atoms with van der Waals surface area (Å²) in [4.78, 5) is 27.4. The SMILES string of the molecule is CCCC(CCC)S(=O)(=O)C[C@@H](NC(C)=O)C(=O)N(Cc1cccc(CC)c1)C[C@@H](O)[C@@H](N)Cc1cc(F)cc(F)c1. The van der Waals surface area contributed by atoms with Crippen LogP contribution in [0.4, 0.5) is 8.78 Å². The fourth-order valence-electron chi connectivity index (χ4n) is 5.06. The molecule has 2 rings (SSSR count). The van der Waals surface area contributed by atoms with Crippen LogP contribution in [0.5, 0.6) is 0 Å². The number of amides is 2. The minimum atomic E-state index is -3.77. The molecule has 4 N–H and O–H groups in total. The number of benzene rings is 2. The zero-order chi connectivity index (χ0) is 31.4. The molecule has 0 bridgehead atoms. The first kappa shape index (κ1) is 35.3. The highest BCUT2D eigenvalue weighted by atomic mass is 32.2. The molecule has 42 heavy (non-hydrogen) atoms. The summed E-state index contributed by atoms with van der Waals surface area (Å²) < 4.78 is 54.2. The Morgan fingerprint density at radius 2 is 1.57 bits per heavy atom. The van der Waals surface area contributed by atoms with Crippen LogP contribution in [0.15, 0.2) is 42.5 Å². The fourth-order valence-corrected chi connectivity index (χ4v) is 7.21. The molecule has 0 aliphatic rings. The van der Waals surface area contributed by atoms with E-state index in [1.807, 2.05) is 45.0 Å². The van der Waals surface area contributed by atoms with Crippen molar-refractivity contribution < 1.29 is 31.9 Å². The Hall–Kier alpha value is -2.89. The molecule has 0 heterocycles. The van der Waals surface area contributed by atoms with Gasteiger partial charge in [-0.2, -0.15) is 0 Å². The maximum atomic E-state index is 14.0. The number of halogens is 2. The second-order valence-electron chi connectivity index (χ2n) is 10.9. The van der Waals surface area contributed by atoms with E-state index in [0.717, 1.165) is 35.7 Å². The summed E-state index contributed by atoms with van der Waals surface area (Å²) in [6.07, 6.45) is 1.56. The lowest BCUT2D eigenvalue weighted by molar-refractivity contribution is -0.137. The third-order valence-electron chi connectivity index (χ3n) is 7.18. The van der Waals surface area contributed by atoms with E-state index in [1.54, 1.807) is 0 Å². The number of aryl methyl sites for hydroxylation is 1. The van der Waals surface area contributed by atoms with Crippen molar-refractivity contribution in [1.29, 1.82) is 0 Å². The Kier molecular flexibility index (Phi) is 14.0. The smallest absolute Gasteiger partial charge is 0.246 e.